The third-order valence-electron chi connectivity index (χ3n) is 4.07. The van der Waals surface area contributed by atoms with Crippen LogP contribution in [-0.4, -0.2) is 114 Å². The Balaban J connectivity index is -0.000000139. The van der Waals surface area contributed by atoms with Crippen LogP contribution in [0.25, 0.3) is 0 Å². The maximum absolute atomic E-state index is 10.3. The molecule has 0 unspecified atom stereocenters. The van der Waals surface area contributed by atoms with Crippen LogP contribution in [0.4, 0.5) is 0 Å². The van der Waals surface area contributed by atoms with E-state index in [4.69, 9.17) is 22.9 Å². The Kier molecular flexibility index (Phi) is 45.9. The van der Waals surface area contributed by atoms with Crippen molar-refractivity contribution < 1.29 is 59.8 Å². The third kappa shape index (κ3) is 35.6. The predicted molar refractivity (Wildman–Crippen MR) is 154 cm³/mol. The van der Waals surface area contributed by atoms with E-state index in [0.717, 1.165) is 23.0 Å². The maximum atomic E-state index is 10.3. The molecule has 0 spiro atoms. The number of hydrogen-bond donors (Lipinski definition) is 4. The van der Waals surface area contributed by atoms with Crippen molar-refractivity contribution in [3.8, 4) is 0 Å². The first kappa shape index (κ1) is 50.1. The van der Waals surface area contributed by atoms with Gasteiger partial charge in [0.15, 0.2) is 0 Å². The molecule has 21 heteroatoms. The second-order valence-corrected chi connectivity index (χ2v) is 11.1. The van der Waals surface area contributed by atoms with E-state index >= 15 is 0 Å². The van der Waals surface area contributed by atoms with Crippen molar-refractivity contribution in [1.29, 1.82) is 0 Å². The molecule has 0 aliphatic carbocycles. The molecule has 41 heavy (non-hydrogen) atoms. The van der Waals surface area contributed by atoms with E-state index in [9.17, 15) is 40.2 Å². The number of thioether (sulfide) groups is 4. The molecule has 0 rings (SSSR count). The second kappa shape index (κ2) is 37.5. The zero-order valence-corrected chi connectivity index (χ0v) is 28.7. The third-order valence-corrected chi connectivity index (χ3v) is 6.65. The summed E-state index contributed by atoms with van der Waals surface area (Å²) in [6, 6.07) is -3.04. The van der Waals surface area contributed by atoms with Crippen molar-refractivity contribution in [1.82, 2.24) is 0 Å². The standard InChI is InChI=1S/4C5H11NO3S.Ge/c4*1-10-3-2-4(6)5(7)9-8;/h4*4,8H,2-3,6H2,1H3;/q;;;;+4/p-4/t4*4-;/m0000./s1. The van der Waals surface area contributed by atoms with Gasteiger partial charge in [0, 0.05) is 0 Å². The van der Waals surface area contributed by atoms with Crippen LogP contribution in [0, 0.1) is 0 Å². The molecule has 8 N–H and O–H groups in total. The molecule has 0 heterocycles. The van der Waals surface area contributed by atoms with E-state index in [1.807, 2.05) is 25.0 Å². The van der Waals surface area contributed by atoms with Gasteiger partial charge in [-0.25, -0.2) is 0 Å². The van der Waals surface area contributed by atoms with Gasteiger partial charge in [0.2, 0.25) is 0 Å². The van der Waals surface area contributed by atoms with Crippen molar-refractivity contribution in [3.05, 3.63) is 0 Å². The molecule has 0 fully saturated rings. The van der Waals surface area contributed by atoms with E-state index in [1.165, 1.54) is 0 Å². The van der Waals surface area contributed by atoms with Crippen molar-refractivity contribution in [2.24, 2.45) is 22.9 Å². The fourth-order valence-electron chi connectivity index (χ4n) is 1.70. The first-order valence-corrected chi connectivity index (χ1v) is 16.8. The van der Waals surface area contributed by atoms with E-state index < -0.39 is 48.0 Å². The van der Waals surface area contributed by atoms with Gasteiger partial charge in [-0.1, -0.05) is 0 Å². The Morgan fingerprint density at radius 2 is 0.634 bits per heavy atom. The predicted octanol–water partition coefficient (Wildman–Crippen LogP) is -4.84. The quantitative estimate of drug-likeness (QED) is 0.0658. The smallest absolute Gasteiger partial charge is 0.662 e. The summed E-state index contributed by atoms with van der Waals surface area (Å²) < 4.78 is 0. The van der Waals surface area contributed by atoms with Crippen LogP contribution < -0.4 is 44.0 Å². The first-order chi connectivity index (χ1) is 18.9. The summed E-state index contributed by atoms with van der Waals surface area (Å²) in [5, 5.41) is 38.0. The summed E-state index contributed by atoms with van der Waals surface area (Å²) in [7, 11) is 0. The van der Waals surface area contributed by atoms with Crippen molar-refractivity contribution in [3.63, 3.8) is 0 Å². The maximum Gasteiger partial charge on any atom is 4.00 e. The summed E-state index contributed by atoms with van der Waals surface area (Å²) in [5.41, 5.74) is 20.9. The Hall–Kier alpha value is -0.497. The number of nitrogens with two attached hydrogens (primary N) is 4. The zero-order valence-electron chi connectivity index (χ0n) is 23.3. The van der Waals surface area contributed by atoms with E-state index in [2.05, 4.69) is 19.6 Å². The summed E-state index contributed by atoms with van der Waals surface area (Å²) in [5.74, 6) is -0.481. The number of carbonyl (C=O) groups excluding carboxylic acids is 4. The molecule has 0 saturated carbocycles. The normalized spacial score (nSPS) is 12.4. The first-order valence-electron chi connectivity index (χ1n) is 11.2. The molecule has 16 nitrogen and oxygen atoms in total. The van der Waals surface area contributed by atoms with Crippen LogP contribution in [0.15, 0.2) is 0 Å². The van der Waals surface area contributed by atoms with Gasteiger partial charge in [0.05, 0.1) is 0 Å². The monoisotopic (exact) mass is 730 g/mol. The molecule has 0 bridgehead atoms. The molecule has 0 amide bonds. The van der Waals surface area contributed by atoms with Crippen LogP contribution >= 0.6 is 47.0 Å². The summed E-state index contributed by atoms with van der Waals surface area (Å²) >= 11 is 6.27. The van der Waals surface area contributed by atoms with Gasteiger partial charge < -0.3 is 63.5 Å². The van der Waals surface area contributed by atoms with Crippen molar-refractivity contribution in [2.45, 2.75) is 49.9 Å². The van der Waals surface area contributed by atoms with Gasteiger partial charge >= 0.3 is 41.5 Å². The topological polar surface area (TPSA) is 302 Å². The minimum absolute atomic E-state index is 0. The minimum Gasteiger partial charge on any atom is -0.662 e. The average molecular weight is 729 g/mol. The molecule has 240 valence electrons. The summed E-state index contributed by atoms with van der Waals surface area (Å²) in [4.78, 5) is 54.1. The summed E-state index contributed by atoms with van der Waals surface area (Å²) in [6.07, 6.45) is 9.55. The van der Waals surface area contributed by atoms with Gasteiger partial charge in [-0.15, -0.1) is 0 Å². The van der Waals surface area contributed by atoms with Crippen molar-refractivity contribution in [2.75, 3.05) is 48.0 Å². The number of carbonyl (C=O) groups is 4. The van der Waals surface area contributed by atoms with E-state index in [0.29, 0.717) is 25.7 Å². The molecule has 0 aromatic carbocycles. The van der Waals surface area contributed by atoms with Crippen LogP contribution in [0.2, 0.25) is 0 Å². The number of hydrogen-bond acceptors (Lipinski definition) is 20. The molecule has 0 saturated heterocycles. The van der Waals surface area contributed by atoms with Crippen LogP contribution in [0.3, 0.4) is 0 Å². The van der Waals surface area contributed by atoms with Crippen LogP contribution in [-0.2, 0) is 38.7 Å². The Morgan fingerprint density at radius 1 is 0.488 bits per heavy atom. The van der Waals surface area contributed by atoms with Gasteiger partial charge in [-0.05, 0) is 73.7 Å². The molecule has 0 aliphatic heterocycles. The Morgan fingerprint density at radius 3 is 0.732 bits per heavy atom. The van der Waals surface area contributed by atoms with Crippen molar-refractivity contribution >= 4 is 88.5 Å². The summed E-state index contributed by atoms with van der Waals surface area (Å²) in [6.45, 7) is 0. The molecule has 0 aromatic rings. The Bertz CT molecular complexity index is 547. The molecule has 4 atom stereocenters. The molecule has 0 aliphatic rings. The second-order valence-electron chi connectivity index (χ2n) is 7.16. The van der Waals surface area contributed by atoms with E-state index in [-0.39, 0.29) is 17.6 Å². The largest absolute Gasteiger partial charge is 4.00 e. The minimum atomic E-state index is -0.881. The molecular formula is C20H40GeN4O12S4. The fourth-order valence-corrected chi connectivity index (χ4v) is 3.66. The Labute approximate surface area is 268 Å². The molecule has 0 aromatic heterocycles. The van der Waals surface area contributed by atoms with Crippen LogP contribution in [0.1, 0.15) is 25.7 Å². The zero-order chi connectivity index (χ0) is 31.9. The van der Waals surface area contributed by atoms with Gasteiger partial charge in [-0.3, -0.25) is 19.2 Å². The van der Waals surface area contributed by atoms with Gasteiger partial charge in [0.25, 0.3) is 0 Å². The SMILES string of the molecule is CSCC[C@H](N)C(=O)O[O-].CSCC[C@H](N)C(=O)O[O-].CSCC[C@H](N)C(=O)O[O-].CSCC[C@H](N)C(=O)O[O-].[Ge+4]. The van der Waals surface area contributed by atoms with Crippen LogP contribution in [0.5, 0.6) is 0 Å². The fraction of sp³-hybridized carbons (Fsp3) is 0.800. The average Bonchev–Trinajstić information content (AvgIpc) is 2.98. The molecule has 0 radical (unpaired) electrons. The molecular weight excluding hydrogens is 689 g/mol. The van der Waals surface area contributed by atoms with E-state index in [1.54, 1.807) is 47.0 Å². The van der Waals surface area contributed by atoms with Gasteiger partial charge in [-0.2, -0.15) is 47.0 Å². The van der Waals surface area contributed by atoms with Gasteiger partial charge in [0.1, 0.15) is 24.2 Å². The number of rotatable bonds is 16.